The van der Waals surface area contributed by atoms with E-state index in [-0.39, 0.29) is 12.4 Å². The highest BCUT2D eigenvalue weighted by atomic mass is 35.5. The van der Waals surface area contributed by atoms with Crippen LogP contribution in [0.3, 0.4) is 0 Å². The van der Waals surface area contributed by atoms with Crippen LogP contribution in [0, 0.1) is 12.3 Å². The Morgan fingerprint density at radius 2 is 2.45 bits per heavy atom. The van der Waals surface area contributed by atoms with Gasteiger partial charge in [0.15, 0.2) is 0 Å². The van der Waals surface area contributed by atoms with Crippen molar-refractivity contribution in [1.29, 1.82) is 0 Å². The van der Waals surface area contributed by atoms with E-state index in [1.807, 2.05) is 0 Å². The molecule has 1 aliphatic heterocycles. The van der Waals surface area contributed by atoms with Gasteiger partial charge in [-0.2, -0.15) is 0 Å². The maximum Gasteiger partial charge on any atom is 0.107 e. The van der Waals surface area contributed by atoms with E-state index >= 15 is 0 Å². The quantitative estimate of drug-likeness (QED) is 0.628. The summed E-state index contributed by atoms with van der Waals surface area (Å²) < 4.78 is 5.33. The van der Waals surface area contributed by atoms with Crippen LogP contribution < -0.4 is 5.32 Å². The van der Waals surface area contributed by atoms with Gasteiger partial charge in [0.05, 0.1) is 6.10 Å². The minimum atomic E-state index is 0. The number of piperidine rings is 1. The van der Waals surface area contributed by atoms with Gasteiger partial charge in [-0.1, -0.05) is 5.92 Å². The molecule has 1 atom stereocenters. The molecule has 2 nitrogen and oxygen atoms in total. The summed E-state index contributed by atoms with van der Waals surface area (Å²) in [6.07, 6.45) is 7.75. The number of rotatable bonds is 2. The number of ether oxygens (including phenoxy) is 1. The summed E-state index contributed by atoms with van der Waals surface area (Å²) >= 11 is 0. The number of hydrogen-bond acceptors (Lipinski definition) is 2. The fraction of sp³-hybridized carbons (Fsp3) is 0.750. The molecule has 1 rings (SSSR count). The van der Waals surface area contributed by atoms with Gasteiger partial charge in [0.2, 0.25) is 0 Å². The second kappa shape index (κ2) is 6.48. The van der Waals surface area contributed by atoms with Gasteiger partial charge in [-0.05, 0) is 19.4 Å². The van der Waals surface area contributed by atoms with Crippen molar-refractivity contribution in [2.45, 2.75) is 18.9 Å². The lowest BCUT2D eigenvalue weighted by Gasteiger charge is -2.21. The highest BCUT2D eigenvalue weighted by Crippen LogP contribution is 2.04. The van der Waals surface area contributed by atoms with Gasteiger partial charge in [0.25, 0.3) is 0 Å². The molecule has 0 amide bonds. The zero-order chi connectivity index (χ0) is 7.23. The van der Waals surface area contributed by atoms with Crippen LogP contribution in [0.2, 0.25) is 0 Å². The van der Waals surface area contributed by atoms with Crippen LogP contribution >= 0.6 is 12.4 Å². The zero-order valence-electron chi connectivity index (χ0n) is 6.51. The van der Waals surface area contributed by atoms with Crippen LogP contribution in [0.1, 0.15) is 12.8 Å². The maximum atomic E-state index is 5.33. The molecule has 0 bridgehead atoms. The first-order valence-electron chi connectivity index (χ1n) is 3.69. The van der Waals surface area contributed by atoms with Crippen LogP contribution in [-0.4, -0.2) is 25.8 Å². The van der Waals surface area contributed by atoms with Crippen molar-refractivity contribution in [2.24, 2.45) is 0 Å². The first kappa shape index (κ1) is 10.8. The molecule has 1 aliphatic rings. The average molecular weight is 176 g/mol. The lowest BCUT2D eigenvalue weighted by Crippen LogP contribution is -2.35. The van der Waals surface area contributed by atoms with Crippen molar-refractivity contribution >= 4 is 12.4 Å². The van der Waals surface area contributed by atoms with E-state index in [0.29, 0.717) is 12.7 Å². The molecule has 0 radical (unpaired) electrons. The van der Waals surface area contributed by atoms with Crippen molar-refractivity contribution < 1.29 is 4.74 Å². The lowest BCUT2D eigenvalue weighted by atomic mass is 10.1. The molecular formula is C8H14ClNO. The molecule has 1 fully saturated rings. The smallest absolute Gasteiger partial charge is 0.107 e. The predicted octanol–water partition coefficient (Wildman–Crippen LogP) is 0.810. The van der Waals surface area contributed by atoms with E-state index < -0.39 is 0 Å². The number of terminal acetylenes is 1. The van der Waals surface area contributed by atoms with E-state index in [4.69, 9.17) is 11.2 Å². The van der Waals surface area contributed by atoms with Crippen molar-refractivity contribution in [3.05, 3.63) is 0 Å². The molecule has 1 unspecified atom stereocenters. The summed E-state index contributed by atoms with van der Waals surface area (Å²) in [5.41, 5.74) is 0. The first-order valence-corrected chi connectivity index (χ1v) is 3.69. The second-order valence-electron chi connectivity index (χ2n) is 2.48. The molecule has 0 aromatic carbocycles. The van der Waals surface area contributed by atoms with E-state index in [2.05, 4.69) is 11.2 Å². The summed E-state index contributed by atoms with van der Waals surface area (Å²) in [4.78, 5) is 0. The summed E-state index contributed by atoms with van der Waals surface area (Å²) in [7, 11) is 0. The van der Waals surface area contributed by atoms with Crippen molar-refractivity contribution in [3.63, 3.8) is 0 Å². The fourth-order valence-electron chi connectivity index (χ4n) is 1.13. The average Bonchev–Trinajstić information content (AvgIpc) is 2.03. The Morgan fingerprint density at radius 1 is 1.64 bits per heavy atom. The van der Waals surface area contributed by atoms with Crippen LogP contribution in [0.15, 0.2) is 0 Å². The molecule has 1 heterocycles. The molecule has 3 heteroatoms. The van der Waals surface area contributed by atoms with Crippen LogP contribution in [0.25, 0.3) is 0 Å². The van der Waals surface area contributed by atoms with E-state index in [0.717, 1.165) is 19.5 Å². The van der Waals surface area contributed by atoms with Gasteiger partial charge < -0.3 is 10.1 Å². The molecule has 64 valence electrons. The predicted molar refractivity (Wildman–Crippen MR) is 47.9 cm³/mol. The highest BCUT2D eigenvalue weighted by molar-refractivity contribution is 5.85. The summed E-state index contributed by atoms with van der Waals surface area (Å²) in [6, 6.07) is 0. The van der Waals surface area contributed by atoms with Crippen LogP contribution in [0.4, 0.5) is 0 Å². The first-order chi connectivity index (χ1) is 4.93. The Hall–Kier alpha value is -0.230. The van der Waals surface area contributed by atoms with Gasteiger partial charge >= 0.3 is 0 Å². The van der Waals surface area contributed by atoms with E-state index in [1.54, 1.807) is 0 Å². The Kier molecular flexibility index (Phi) is 6.34. The molecule has 11 heavy (non-hydrogen) atoms. The Balaban J connectivity index is 0.000001000. The molecule has 0 aliphatic carbocycles. The summed E-state index contributed by atoms with van der Waals surface area (Å²) in [5.74, 6) is 2.46. The van der Waals surface area contributed by atoms with Crippen molar-refractivity contribution in [3.8, 4) is 12.3 Å². The molecular weight excluding hydrogens is 162 g/mol. The molecule has 0 saturated carbocycles. The van der Waals surface area contributed by atoms with Crippen LogP contribution in [-0.2, 0) is 4.74 Å². The Labute approximate surface area is 74.1 Å². The molecule has 1 N–H and O–H groups in total. The number of hydrogen-bond donors (Lipinski definition) is 1. The van der Waals surface area contributed by atoms with Gasteiger partial charge in [0.1, 0.15) is 6.61 Å². The topological polar surface area (TPSA) is 21.3 Å². The van der Waals surface area contributed by atoms with E-state index in [9.17, 15) is 0 Å². The maximum absolute atomic E-state index is 5.33. The molecule has 0 aromatic rings. The highest BCUT2D eigenvalue weighted by Gasteiger charge is 2.11. The number of halogens is 1. The largest absolute Gasteiger partial charge is 0.364 e. The van der Waals surface area contributed by atoms with Gasteiger partial charge in [-0.15, -0.1) is 18.8 Å². The molecule has 0 spiro atoms. The Morgan fingerprint density at radius 3 is 3.00 bits per heavy atom. The van der Waals surface area contributed by atoms with E-state index in [1.165, 1.54) is 6.42 Å². The van der Waals surface area contributed by atoms with Crippen molar-refractivity contribution in [1.82, 2.24) is 5.32 Å². The zero-order valence-corrected chi connectivity index (χ0v) is 7.32. The third-order valence-corrected chi connectivity index (χ3v) is 1.65. The molecule has 0 aromatic heterocycles. The normalized spacial score (nSPS) is 23.4. The summed E-state index contributed by atoms with van der Waals surface area (Å²) in [6.45, 7) is 2.53. The second-order valence-corrected chi connectivity index (χ2v) is 2.48. The fourth-order valence-corrected chi connectivity index (χ4v) is 1.13. The van der Waals surface area contributed by atoms with Gasteiger partial charge in [-0.3, -0.25) is 0 Å². The SMILES string of the molecule is C#CCOC1CCCNC1.Cl. The monoisotopic (exact) mass is 175 g/mol. The van der Waals surface area contributed by atoms with Crippen molar-refractivity contribution in [2.75, 3.05) is 19.7 Å². The number of nitrogens with one attached hydrogen (secondary N) is 1. The minimum Gasteiger partial charge on any atom is -0.364 e. The minimum absolute atomic E-state index is 0. The third-order valence-electron chi connectivity index (χ3n) is 1.65. The van der Waals surface area contributed by atoms with Gasteiger partial charge in [0, 0.05) is 6.54 Å². The van der Waals surface area contributed by atoms with Gasteiger partial charge in [-0.25, -0.2) is 0 Å². The third kappa shape index (κ3) is 4.26. The molecule has 1 saturated heterocycles. The Bertz CT molecular complexity index is 127. The van der Waals surface area contributed by atoms with Crippen LogP contribution in [0.5, 0.6) is 0 Å². The lowest BCUT2D eigenvalue weighted by molar-refractivity contribution is 0.0591. The summed E-state index contributed by atoms with van der Waals surface area (Å²) in [5, 5.41) is 3.25. The standard InChI is InChI=1S/C8H13NO.ClH/c1-2-6-10-8-4-3-5-9-7-8;/h1,8-9H,3-7H2;1H.